The fraction of sp³-hybridized carbons (Fsp3) is 0.500. The van der Waals surface area contributed by atoms with Crippen molar-refractivity contribution >= 4 is 22.8 Å². The van der Waals surface area contributed by atoms with E-state index < -0.39 is 5.60 Å². The molecule has 6 nitrogen and oxygen atoms in total. The minimum Gasteiger partial charge on any atom is -0.444 e. The van der Waals surface area contributed by atoms with Crippen molar-refractivity contribution in [3.63, 3.8) is 0 Å². The lowest BCUT2D eigenvalue weighted by molar-refractivity contribution is -0.00298. The molecule has 1 unspecified atom stereocenters. The maximum Gasteiger partial charge on any atom is 0.410 e. The first-order valence-corrected chi connectivity index (χ1v) is 10.6. The van der Waals surface area contributed by atoms with Crippen LogP contribution in [0.5, 0.6) is 0 Å². The number of fused-ring (bicyclic) bond motifs is 1. The molecule has 0 radical (unpaired) electrons. The van der Waals surface area contributed by atoms with Crippen molar-refractivity contribution in [3.05, 3.63) is 48.0 Å². The predicted octanol–water partition coefficient (Wildman–Crippen LogP) is 4.33. The monoisotopic (exact) mass is 412 g/mol. The molecule has 1 aliphatic heterocycles. The van der Waals surface area contributed by atoms with Gasteiger partial charge in [-0.05, 0) is 50.5 Å². The van der Waals surface area contributed by atoms with E-state index in [0.717, 1.165) is 23.6 Å². The van der Waals surface area contributed by atoms with Gasteiger partial charge < -0.3 is 19.3 Å². The zero-order chi connectivity index (χ0) is 21.7. The highest BCUT2D eigenvalue weighted by Crippen LogP contribution is 2.24. The molecule has 1 saturated heterocycles. The van der Waals surface area contributed by atoms with Crippen LogP contribution in [0.15, 0.2) is 42.5 Å². The minimum absolute atomic E-state index is 0.00683. The fourth-order valence-electron chi connectivity index (χ4n) is 3.89. The third-order valence-electron chi connectivity index (χ3n) is 5.30. The van der Waals surface area contributed by atoms with Gasteiger partial charge in [-0.15, -0.1) is 0 Å². The normalized spacial score (nSPS) is 17.3. The van der Waals surface area contributed by atoms with Gasteiger partial charge in [0.25, 0.3) is 5.91 Å². The summed E-state index contributed by atoms with van der Waals surface area (Å²) in [6.07, 6.45) is 1.26. The van der Waals surface area contributed by atoms with Gasteiger partial charge in [-0.25, -0.2) is 4.79 Å². The van der Waals surface area contributed by atoms with Crippen molar-refractivity contribution in [1.29, 1.82) is 0 Å². The van der Waals surface area contributed by atoms with E-state index in [1.54, 1.807) is 12.0 Å². The number of carbonyl (C=O) groups is 2. The van der Waals surface area contributed by atoms with Crippen LogP contribution in [0.2, 0.25) is 0 Å². The molecule has 1 fully saturated rings. The van der Waals surface area contributed by atoms with Crippen LogP contribution < -0.4 is 0 Å². The number of methoxy groups -OCH3 is 1. The second-order valence-electron chi connectivity index (χ2n) is 8.74. The quantitative estimate of drug-likeness (QED) is 0.686. The number of carbonyl (C=O) groups excluding carboxylic acids is 2. The first-order valence-electron chi connectivity index (χ1n) is 10.6. The number of piperazine rings is 1. The zero-order valence-electron chi connectivity index (χ0n) is 18.4. The van der Waals surface area contributed by atoms with Crippen LogP contribution in [0.3, 0.4) is 0 Å². The standard InChI is InChI=1S/C24H32N2O4/c1-24(2,3)30-23(28)26-15-14-25(17-19(26)11-8-16-29-4)22(27)21-13-7-10-18-9-5-6-12-20(18)21/h5-7,9-10,12-13,19H,8,11,14-17H2,1-4H3. The van der Waals surface area contributed by atoms with Crippen molar-refractivity contribution < 1.29 is 19.1 Å². The first-order chi connectivity index (χ1) is 14.3. The molecular formula is C24H32N2O4. The fourth-order valence-corrected chi connectivity index (χ4v) is 3.89. The summed E-state index contributed by atoms with van der Waals surface area (Å²) in [6, 6.07) is 13.6. The van der Waals surface area contributed by atoms with Gasteiger partial charge in [0.15, 0.2) is 0 Å². The number of benzene rings is 2. The van der Waals surface area contributed by atoms with Crippen molar-refractivity contribution in [2.45, 2.75) is 45.3 Å². The Hall–Kier alpha value is -2.60. The number of rotatable bonds is 5. The third kappa shape index (κ3) is 5.30. The Bertz CT molecular complexity index is 885. The molecule has 6 heteroatoms. The summed E-state index contributed by atoms with van der Waals surface area (Å²) >= 11 is 0. The van der Waals surface area contributed by atoms with Gasteiger partial charge in [0.05, 0.1) is 6.04 Å². The zero-order valence-corrected chi connectivity index (χ0v) is 18.4. The average molecular weight is 413 g/mol. The Kier molecular flexibility index (Phi) is 6.98. The Balaban J connectivity index is 1.79. The van der Waals surface area contributed by atoms with Gasteiger partial charge in [0.2, 0.25) is 0 Å². The van der Waals surface area contributed by atoms with Gasteiger partial charge in [0.1, 0.15) is 5.60 Å². The van der Waals surface area contributed by atoms with Crippen LogP contribution in [-0.2, 0) is 9.47 Å². The SMILES string of the molecule is COCCCC1CN(C(=O)c2cccc3ccccc23)CCN1C(=O)OC(C)(C)C. The highest BCUT2D eigenvalue weighted by atomic mass is 16.6. The molecule has 1 atom stereocenters. The van der Waals surface area contributed by atoms with E-state index in [0.29, 0.717) is 31.8 Å². The number of ether oxygens (including phenoxy) is 2. The molecule has 0 saturated carbocycles. The summed E-state index contributed by atoms with van der Waals surface area (Å²) in [6.45, 7) is 7.66. The largest absolute Gasteiger partial charge is 0.444 e. The van der Waals surface area contributed by atoms with Crippen molar-refractivity contribution in [3.8, 4) is 0 Å². The summed E-state index contributed by atoms with van der Waals surface area (Å²) in [4.78, 5) is 29.7. The van der Waals surface area contributed by atoms with Gasteiger partial charge >= 0.3 is 6.09 Å². The lowest BCUT2D eigenvalue weighted by atomic mass is 10.0. The van der Waals surface area contributed by atoms with Gasteiger partial charge in [-0.1, -0.05) is 36.4 Å². The maximum absolute atomic E-state index is 13.4. The molecule has 0 aliphatic carbocycles. The Morgan fingerprint density at radius 3 is 2.53 bits per heavy atom. The molecule has 1 heterocycles. The molecule has 2 aromatic carbocycles. The molecule has 30 heavy (non-hydrogen) atoms. The number of nitrogens with zero attached hydrogens (tertiary/aromatic N) is 2. The van der Waals surface area contributed by atoms with Crippen LogP contribution in [-0.4, -0.2) is 66.8 Å². The Morgan fingerprint density at radius 2 is 1.80 bits per heavy atom. The smallest absolute Gasteiger partial charge is 0.410 e. The van der Waals surface area contributed by atoms with Crippen LogP contribution in [0.1, 0.15) is 44.0 Å². The van der Waals surface area contributed by atoms with E-state index >= 15 is 0 Å². The summed E-state index contributed by atoms with van der Waals surface area (Å²) in [5.41, 5.74) is 0.152. The van der Waals surface area contributed by atoms with E-state index in [1.165, 1.54) is 0 Å². The van der Waals surface area contributed by atoms with E-state index in [-0.39, 0.29) is 18.0 Å². The molecule has 162 valence electrons. The van der Waals surface area contributed by atoms with Crippen LogP contribution in [0.4, 0.5) is 4.79 Å². The molecule has 0 N–H and O–H groups in total. The average Bonchev–Trinajstić information content (AvgIpc) is 2.71. The highest BCUT2D eigenvalue weighted by molar-refractivity contribution is 6.07. The lowest BCUT2D eigenvalue weighted by Gasteiger charge is -2.42. The topological polar surface area (TPSA) is 59.1 Å². The number of hydrogen-bond donors (Lipinski definition) is 0. The second-order valence-corrected chi connectivity index (χ2v) is 8.74. The van der Waals surface area contributed by atoms with E-state index in [9.17, 15) is 9.59 Å². The Labute approximate surface area is 178 Å². The third-order valence-corrected chi connectivity index (χ3v) is 5.30. The first kappa shape index (κ1) is 22.1. The van der Waals surface area contributed by atoms with Crippen molar-refractivity contribution in [2.75, 3.05) is 33.4 Å². The van der Waals surface area contributed by atoms with Crippen LogP contribution in [0, 0.1) is 0 Å². The van der Waals surface area contributed by atoms with Crippen molar-refractivity contribution in [1.82, 2.24) is 9.80 Å². The van der Waals surface area contributed by atoms with Gasteiger partial charge in [-0.3, -0.25) is 4.79 Å². The summed E-state index contributed by atoms with van der Waals surface area (Å²) in [5, 5.41) is 2.00. The summed E-state index contributed by atoms with van der Waals surface area (Å²) < 4.78 is 10.8. The molecule has 0 spiro atoms. The van der Waals surface area contributed by atoms with E-state index in [4.69, 9.17) is 9.47 Å². The molecule has 0 aromatic heterocycles. The second kappa shape index (κ2) is 9.47. The van der Waals surface area contributed by atoms with E-state index in [2.05, 4.69) is 0 Å². The van der Waals surface area contributed by atoms with Gasteiger partial charge in [-0.2, -0.15) is 0 Å². The molecular weight excluding hydrogens is 380 g/mol. The van der Waals surface area contributed by atoms with E-state index in [1.807, 2.05) is 68.1 Å². The Morgan fingerprint density at radius 1 is 1.07 bits per heavy atom. The summed E-state index contributed by atoms with van der Waals surface area (Å²) in [5.74, 6) is 0.00683. The summed E-state index contributed by atoms with van der Waals surface area (Å²) in [7, 11) is 1.67. The molecule has 1 aliphatic rings. The molecule has 2 aromatic rings. The highest BCUT2D eigenvalue weighted by Gasteiger charge is 2.35. The lowest BCUT2D eigenvalue weighted by Crippen LogP contribution is -2.57. The maximum atomic E-state index is 13.4. The minimum atomic E-state index is -0.552. The predicted molar refractivity (Wildman–Crippen MR) is 118 cm³/mol. The van der Waals surface area contributed by atoms with Crippen LogP contribution >= 0.6 is 0 Å². The van der Waals surface area contributed by atoms with Crippen LogP contribution in [0.25, 0.3) is 10.8 Å². The number of amides is 2. The molecule has 0 bridgehead atoms. The molecule has 3 rings (SSSR count). The number of hydrogen-bond acceptors (Lipinski definition) is 4. The molecule has 2 amide bonds. The van der Waals surface area contributed by atoms with Gasteiger partial charge in [0, 0.05) is 38.9 Å². The van der Waals surface area contributed by atoms with Crippen molar-refractivity contribution in [2.24, 2.45) is 0 Å².